The first-order valence-corrected chi connectivity index (χ1v) is 10.4. The molecule has 0 amide bonds. The molecular weight excluding hydrogens is 366 g/mol. The molecule has 1 unspecified atom stereocenters. The first kappa shape index (κ1) is 16.0. The number of anilines is 1. The molecule has 2 aliphatic rings. The van der Waals surface area contributed by atoms with Crippen molar-refractivity contribution in [2.45, 2.75) is 12.6 Å². The summed E-state index contributed by atoms with van der Waals surface area (Å²) in [4.78, 5) is 5.00. The summed E-state index contributed by atoms with van der Waals surface area (Å²) in [6.45, 7) is 0. The molecule has 4 aromatic carbocycles. The Morgan fingerprint density at radius 3 is 2.47 bits per heavy atom. The zero-order chi connectivity index (χ0) is 19.7. The summed E-state index contributed by atoms with van der Waals surface area (Å²) in [5.74, 6) is 1.03. The maximum atomic E-state index is 5.00. The lowest BCUT2D eigenvalue weighted by molar-refractivity contribution is 0.668. The van der Waals surface area contributed by atoms with Gasteiger partial charge in [0.15, 0.2) is 0 Å². The predicted octanol–water partition coefficient (Wildman–Crippen LogP) is 6.25. The number of imidazole rings is 1. The Kier molecular flexibility index (Phi) is 3.11. The number of hydrogen-bond acceptors (Lipinski definition) is 2. The van der Waals surface area contributed by atoms with E-state index in [-0.39, 0.29) is 6.17 Å². The number of hydrogen-bond donors (Lipinski definition) is 1. The summed E-state index contributed by atoms with van der Waals surface area (Å²) in [6.07, 6.45) is 1.01. The Balaban J connectivity index is 1.44. The van der Waals surface area contributed by atoms with Gasteiger partial charge in [-0.1, -0.05) is 66.7 Å². The van der Waals surface area contributed by atoms with Crippen molar-refractivity contribution in [3.63, 3.8) is 0 Å². The second kappa shape index (κ2) is 5.83. The van der Waals surface area contributed by atoms with Gasteiger partial charge in [-0.05, 0) is 58.5 Å². The van der Waals surface area contributed by atoms with Crippen molar-refractivity contribution in [3.05, 3.63) is 108 Å². The van der Waals surface area contributed by atoms with Crippen LogP contribution in [0.2, 0.25) is 0 Å². The van der Waals surface area contributed by atoms with E-state index in [4.69, 9.17) is 4.98 Å². The maximum absolute atomic E-state index is 5.00. The number of para-hydroxylation sites is 3. The van der Waals surface area contributed by atoms with Crippen molar-refractivity contribution in [2.75, 3.05) is 5.32 Å². The first-order valence-electron chi connectivity index (χ1n) is 10.4. The number of aromatic nitrogens is 2. The molecule has 1 aliphatic carbocycles. The van der Waals surface area contributed by atoms with Crippen LogP contribution in [-0.4, -0.2) is 9.55 Å². The summed E-state index contributed by atoms with van der Waals surface area (Å²) in [5.41, 5.74) is 11.3. The van der Waals surface area contributed by atoms with E-state index in [9.17, 15) is 0 Å². The van der Waals surface area contributed by atoms with Crippen LogP contribution in [0, 0.1) is 0 Å². The van der Waals surface area contributed by atoms with Crippen molar-refractivity contribution >= 4 is 16.7 Å². The third kappa shape index (κ3) is 2.12. The van der Waals surface area contributed by atoms with Crippen LogP contribution in [0.25, 0.3) is 33.5 Å². The van der Waals surface area contributed by atoms with Crippen molar-refractivity contribution in [1.29, 1.82) is 0 Å². The minimum atomic E-state index is 0.0105. The standard InChI is InChI=1S/C27H19N3/c1-2-8-20-17(7-1)15-19-16-18(13-14-21(19)20)26-28-23-10-4-3-9-22(23)27-29-24-11-5-6-12-25(24)30(26)27/h1-14,16,26,28H,15H2. The van der Waals surface area contributed by atoms with Gasteiger partial charge in [0, 0.05) is 11.3 Å². The van der Waals surface area contributed by atoms with Gasteiger partial charge in [0.2, 0.25) is 0 Å². The Morgan fingerprint density at radius 2 is 1.50 bits per heavy atom. The van der Waals surface area contributed by atoms with E-state index in [2.05, 4.69) is 101 Å². The molecule has 0 saturated carbocycles. The van der Waals surface area contributed by atoms with Crippen LogP contribution >= 0.6 is 0 Å². The lowest BCUT2D eigenvalue weighted by Gasteiger charge is -2.30. The molecule has 0 saturated heterocycles. The average molecular weight is 385 g/mol. The first-order chi connectivity index (χ1) is 14.9. The molecule has 7 rings (SSSR count). The Labute approximate surface area is 174 Å². The van der Waals surface area contributed by atoms with Gasteiger partial charge < -0.3 is 5.32 Å². The lowest BCUT2D eigenvalue weighted by Crippen LogP contribution is -2.24. The summed E-state index contributed by atoms with van der Waals surface area (Å²) in [7, 11) is 0. The average Bonchev–Trinajstić information content (AvgIpc) is 3.37. The van der Waals surface area contributed by atoms with Gasteiger partial charge in [0.05, 0.1) is 11.0 Å². The van der Waals surface area contributed by atoms with E-state index in [0.29, 0.717) is 0 Å². The van der Waals surface area contributed by atoms with Gasteiger partial charge in [-0.15, -0.1) is 0 Å². The molecule has 3 heteroatoms. The molecule has 3 nitrogen and oxygen atoms in total. The number of rotatable bonds is 1. The summed E-state index contributed by atoms with van der Waals surface area (Å²) < 4.78 is 2.35. The molecule has 1 aromatic heterocycles. The SMILES string of the molecule is c1ccc2c(c1)Cc1cc(C3Nc4ccccc4-c4nc5ccccc5n43)ccc1-2. The quantitative estimate of drug-likeness (QED) is 0.363. The molecule has 1 atom stereocenters. The van der Waals surface area contributed by atoms with Crippen molar-refractivity contribution in [2.24, 2.45) is 0 Å². The zero-order valence-electron chi connectivity index (χ0n) is 16.3. The number of benzene rings is 4. The van der Waals surface area contributed by atoms with Crippen LogP contribution in [0.15, 0.2) is 91.0 Å². The molecule has 142 valence electrons. The summed E-state index contributed by atoms with van der Waals surface area (Å²) in [6, 6.07) is 32.5. The highest BCUT2D eigenvalue weighted by Gasteiger charge is 2.29. The van der Waals surface area contributed by atoms with E-state index < -0.39 is 0 Å². The molecule has 30 heavy (non-hydrogen) atoms. The minimum absolute atomic E-state index is 0.0105. The molecule has 0 radical (unpaired) electrons. The highest BCUT2D eigenvalue weighted by atomic mass is 15.2. The van der Waals surface area contributed by atoms with Crippen LogP contribution in [0.4, 0.5) is 5.69 Å². The predicted molar refractivity (Wildman–Crippen MR) is 122 cm³/mol. The molecule has 0 spiro atoms. The molecule has 0 bridgehead atoms. The van der Waals surface area contributed by atoms with Gasteiger partial charge >= 0.3 is 0 Å². The van der Waals surface area contributed by atoms with Crippen molar-refractivity contribution in [1.82, 2.24) is 9.55 Å². The minimum Gasteiger partial charge on any atom is -0.361 e. The lowest BCUT2D eigenvalue weighted by atomic mass is 10.0. The maximum Gasteiger partial charge on any atom is 0.145 e. The third-order valence-electron chi connectivity index (χ3n) is 6.45. The van der Waals surface area contributed by atoms with E-state index >= 15 is 0 Å². The van der Waals surface area contributed by atoms with Crippen LogP contribution in [0.1, 0.15) is 22.9 Å². The van der Waals surface area contributed by atoms with Crippen LogP contribution < -0.4 is 5.32 Å². The van der Waals surface area contributed by atoms with Crippen molar-refractivity contribution in [3.8, 4) is 22.5 Å². The molecule has 1 N–H and O–H groups in total. The molecule has 2 heterocycles. The smallest absolute Gasteiger partial charge is 0.145 e. The summed E-state index contributed by atoms with van der Waals surface area (Å²) >= 11 is 0. The van der Waals surface area contributed by atoms with Gasteiger partial charge in [0.1, 0.15) is 12.0 Å². The number of nitrogens with zero attached hydrogens (tertiary/aromatic N) is 2. The third-order valence-corrected chi connectivity index (χ3v) is 6.45. The fourth-order valence-corrected chi connectivity index (χ4v) is 5.08. The highest BCUT2D eigenvalue weighted by molar-refractivity contribution is 5.87. The fourth-order valence-electron chi connectivity index (χ4n) is 5.08. The van der Waals surface area contributed by atoms with Gasteiger partial charge in [-0.2, -0.15) is 0 Å². The fraction of sp³-hybridized carbons (Fsp3) is 0.0741. The highest BCUT2D eigenvalue weighted by Crippen LogP contribution is 2.43. The van der Waals surface area contributed by atoms with Crippen LogP contribution in [-0.2, 0) is 6.42 Å². The van der Waals surface area contributed by atoms with Gasteiger partial charge in [-0.3, -0.25) is 4.57 Å². The summed E-state index contributed by atoms with van der Waals surface area (Å²) in [5, 5.41) is 3.78. The second-order valence-corrected chi connectivity index (χ2v) is 8.14. The van der Waals surface area contributed by atoms with E-state index in [1.807, 2.05) is 0 Å². The Bertz CT molecular complexity index is 1460. The van der Waals surface area contributed by atoms with Crippen molar-refractivity contribution < 1.29 is 0 Å². The second-order valence-electron chi connectivity index (χ2n) is 8.14. The molecule has 1 aliphatic heterocycles. The van der Waals surface area contributed by atoms with Gasteiger partial charge in [0.25, 0.3) is 0 Å². The molecular formula is C27H19N3. The van der Waals surface area contributed by atoms with E-state index in [1.54, 1.807) is 0 Å². The Morgan fingerprint density at radius 1 is 0.733 bits per heavy atom. The van der Waals surface area contributed by atoms with E-state index in [1.165, 1.54) is 27.8 Å². The van der Waals surface area contributed by atoms with Crippen LogP contribution in [0.5, 0.6) is 0 Å². The largest absolute Gasteiger partial charge is 0.361 e. The molecule has 0 fully saturated rings. The number of fused-ring (bicyclic) bond motifs is 8. The van der Waals surface area contributed by atoms with E-state index in [0.717, 1.165) is 34.5 Å². The normalized spacial score (nSPS) is 15.8. The zero-order valence-corrected chi connectivity index (χ0v) is 16.3. The monoisotopic (exact) mass is 385 g/mol. The van der Waals surface area contributed by atoms with Crippen LogP contribution in [0.3, 0.4) is 0 Å². The van der Waals surface area contributed by atoms with Gasteiger partial charge in [-0.25, -0.2) is 4.98 Å². The Hall–Kier alpha value is -3.85. The topological polar surface area (TPSA) is 29.9 Å². The molecule has 5 aromatic rings. The number of nitrogens with one attached hydrogen (secondary N) is 1.